The second kappa shape index (κ2) is 6.69. The van der Waals surface area contributed by atoms with Gasteiger partial charge >= 0.3 is 0 Å². The summed E-state index contributed by atoms with van der Waals surface area (Å²) in [5, 5.41) is 1.22. The highest BCUT2D eigenvalue weighted by atomic mass is 32.2. The molecule has 1 atom stereocenters. The van der Waals surface area contributed by atoms with Crippen molar-refractivity contribution >= 4 is 21.4 Å². The summed E-state index contributed by atoms with van der Waals surface area (Å²) in [6, 6.07) is 3.07. The highest BCUT2D eigenvalue weighted by Gasteiger charge is 2.31. The van der Waals surface area contributed by atoms with Gasteiger partial charge in [0.2, 0.25) is 5.91 Å². The Balaban J connectivity index is 2.98. The lowest BCUT2D eigenvalue weighted by Crippen LogP contribution is -2.38. The molecule has 0 saturated heterocycles. The van der Waals surface area contributed by atoms with Crippen molar-refractivity contribution in [1.82, 2.24) is 5.32 Å². The number of halogens is 1. The normalized spacial score (nSPS) is 12.9. The predicted molar refractivity (Wildman–Crippen MR) is 75.4 cm³/mol. The molecular formula is C13H19FN2O3S. The molecule has 7 heteroatoms. The molecule has 1 aromatic rings. The molecule has 0 bridgehead atoms. The summed E-state index contributed by atoms with van der Waals surface area (Å²) < 4.78 is 37.7. The van der Waals surface area contributed by atoms with Gasteiger partial charge in [-0.05, 0) is 31.5 Å². The fraction of sp³-hybridized carbons (Fsp3) is 0.462. The molecule has 1 rings (SSSR count). The molecule has 0 fully saturated rings. The Bertz CT molecular complexity index is 587. The maximum atomic E-state index is 13.2. The minimum absolute atomic E-state index is 0.0698. The second-order valence-corrected chi connectivity index (χ2v) is 6.75. The van der Waals surface area contributed by atoms with Gasteiger partial charge in [0.15, 0.2) is 9.84 Å². The van der Waals surface area contributed by atoms with Crippen LogP contribution in [0, 0.1) is 5.82 Å². The average molecular weight is 302 g/mol. The van der Waals surface area contributed by atoms with Crippen molar-refractivity contribution in [3.8, 4) is 0 Å². The molecule has 0 aromatic heterocycles. The van der Waals surface area contributed by atoms with Crippen LogP contribution in [0.25, 0.3) is 0 Å². The van der Waals surface area contributed by atoms with Crippen LogP contribution in [0.1, 0.15) is 26.7 Å². The number of rotatable bonds is 6. The van der Waals surface area contributed by atoms with Crippen molar-refractivity contribution in [2.45, 2.75) is 36.8 Å². The first-order chi connectivity index (χ1) is 9.30. The van der Waals surface area contributed by atoms with Gasteiger partial charge in [0.25, 0.3) is 0 Å². The summed E-state index contributed by atoms with van der Waals surface area (Å²) >= 11 is 0. The summed E-state index contributed by atoms with van der Waals surface area (Å²) in [6.07, 6.45) is 1.65. The molecule has 0 heterocycles. The lowest BCUT2D eigenvalue weighted by Gasteiger charge is -2.14. The third-order valence-electron chi connectivity index (χ3n) is 2.95. The van der Waals surface area contributed by atoms with E-state index in [9.17, 15) is 17.6 Å². The van der Waals surface area contributed by atoms with Crippen molar-refractivity contribution in [1.29, 1.82) is 0 Å². The van der Waals surface area contributed by atoms with Crippen molar-refractivity contribution in [3.63, 3.8) is 0 Å². The molecule has 5 nitrogen and oxygen atoms in total. The Kier molecular flexibility index (Phi) is 5.50. The van der Waals surface area contributed by atoms with E-state index in [4.69, 9.17) is 5.73 Å². The van der Waals surface area contributed by atoms with E-state index in [0.29, 0.717) is 6.54 Å². The number of amides is 1. The average Bonchev–Trinajstić information content (AvgIpc) is 2.40. The van der Waals surface area contributed by atoms with Crippen LogP contribution in [-0.2, 0) is 14.6 Å². The molecule has 3 N–H and O–H groups in total. The molecule has 0 radical (unpaired) electrons. The Morgan fingerprint density at radius 2 is 2.10 bits per heavy atom. The smallest absolute Gasteiger partial charge is 0.238 e. The van der Waals surface area contributed by atoms with Crippen LogP contribution in [0.3, 0.4) is 0 Å². The van der Waals surface area contributed by atoms with E-state index >= 15 is 0 Å². The summed E-state index contributed by atoms with van der Waals surface area (Å²) in [6.45, 7) is 3.63. The molecule has 0 spiro atoms. The zero-order valence-corrected chi connectivity index (χ0v) is 12.3. The molecule has 20 heavy (non-hydrogen) atoms. The largest absolute Gasteiger partial charge is 0.398 e. The molecule has 1 unspecified atom stereocenters. The van der Waals surface area contributed by atoms with E-state index in [2.05, 4.69) is 5.32 Å². The highest BCUT2D eigenvalue weighted by Crippen LogP contribution is 2.23. The van der Waals surface area contributed by atoms with E-state index in [-0.39, 0.29) is 10.6 Å². The van der Waals surface area contributed by atoms with E-state index in [1.165, 1.54) is 13.0 Å². The molecule has 112 valence electrons. The number of hydrogen-bond donors (Lipinski definition) is 2. The minimum atomic E-state index is -4.01. The Morgan fingerprint density at radius 3 is 2.70 bits per heavy atom. The van der Waals surface area contributed by atoms with Crippen LogP contribution in [0.2, 0.25) is 0 Å². The van der Waals surface area contributed by atoms with Crippen molar-refractivity contribution in [2.75, 3.05) is 12.3 Å². The van der Waals surface area contributed by atoms with Gasteiger partial charge in [-0.1, -0.05) is 13.3 Å². The number of carbonyl (C=O) groups excluding carboxylic acids is 1. The third kappa shape index (κ3) is 3.69. The van der Waals surface area contributed by atoms with E-state index in [1.807, 2.05) is 6.92 Å². The zero-order chi connectivity index (χ0) is 15.3. The Hall–Kier alpha value is -1.63. The van der Waals surface area contributed by atoms with Gasteiger partial charge in [-0.2, -0.15) is 0 Å². The van der Waals surface area contributed by atoms with Crippen molar-refractivity contribution in [2.24, 2.45) is 0 Å². The number of anilines is 1. The van der Waals surface area contributed by atoms with Crippen LogP contribution in [0.5, 0.6) is 0 Å². The van der Waals surface area contributed by atoms with Crippen molar-refractivity contribution in [3.05, 3.63) is 24.0 Å². The number of benzene rings is 1. The number of nitrogens with two attached hydrogens (primary N) is 1. The van der Waals surface area contributed by atoms with Gasteiger partial charge in [-0.15, -0.1) is 0 Å². The Morgan fingerprint density at radius 1 is 1.45 bits per heavy atom. The van der Waals surface area contributed by atoms with Crippen molar-refractivity contribution < 1.29 is 17.6 Å². The molecule has 0 saturated carbocycles. The van der Waals surface area contributed by atoms with Gasteiger partial charge < -0.3 is 11.1 Å². The van der Waals surface area contributed by atoms with Crippen LogP contribution in [-0.4, -0.2) is 26.1 Å². The third-order valence-corrected chi connectivity index (χ3v) is 5.06. The summed E-state index contributed by atoms with van der Waals surface area (Å²) in [7, 11) is -4.01. The molecule has 1 aromatic carbocycles. The molecule has 0 aliphatic rings. The highest BCUT2D eigenvalue weighted by molar-refractivity contribution is 7.93. The SMILES string of the molecule is CCCCNC(=O)C(C)S(=O)(=O)c1cc(F)ccc1N. The van der Waals surface area contributed by atoms with Crippen LogP contribution in [0.15, 0.2) is 23.1 Å². The fourth-order valence-corrected chi connectivity index (χ4v) is 3.04. The van der Waals surface area contributed by atoms with E-state index in [0.717, 1.165) is 25.0 Å². The number of sulfone groups is 1. The lowest BCUT2D eigenvalue weighted by atomic mass is 10.3. The first-order valence-corrected chi connectivity index (χ1v) is 7.92. The number of carbonyl (C=O) groups is 1. The molecular weight excluding hydrogens is 283 g/mol. The first-order valence-electron chi connectivity index (χ1n) is 6.37. The van der Waals surface area contributed by atoms with Crippen LogP contribution < -0.4 is 11.1 Å². The van der Waals surface area contributed by atoms with Gasteiger partial charge in [0.1, 0.15) is 11.1 Å². The number of hydrogen-bond acceptors (Lipinski definition) is 4. The number of unbranched alkanes of at least 4 members (excludes halogenated alkanes) is 1. The van der Waals surface area contributed by atoms with E-state index < -0.39 is 26.8 Å². The van der Waals surface area contributed by atoms with Gasteiger partial charge in [-0.25, -0.2) is 12.8 Å². The van der Waals surface area contributed by atoms with Gasteiger partial charge in [-0.3, -0.25) is 4.79 Å². The monoisotopic (exact) mass is 302 g/mol. The van der Waals surface area contributed by atoms with E-state index in [1.54, 1.807) is 0 Å². The zero-order valence-electron chi connectivity index (χ0n) is 11.5. The fourth-order valence-electron chi connectivity index (χ4n) is 1.62. The maximum Gasteiger partial charge on any atom is 0.238 e. The Labute approximate surface area is 118 Å². The number of nitrogens with one attached hydrogen (secondary N) is 1. The second-order valence-electron chi connectivity index (χ2n) is 4.51. The van der Waals surface area contributed by atoms with Crippen LogP contribution in [0.4, 0.5) is 10.1 Å². The number of nitrogen functional groups attached to an aromatic ring is 1. The molecule has 0 aliphatic carbocycles. The minimum Gasteiger partial charge on any atom is -0.398 e. The first kappa shape index (κ1) is 16.4. The van der Waals surface area contributed by atoms with Gasteiger partial charge in [0.05, 0.1) is 10.6 Å². The summed E-state index contributed by atoms with van der Waals surface area (Å²) in [5.74, 6) is -1.32. The molecule has 0 aliphatic heterocycles. The standard InChI is InChI=1S/C13H19FN2O3S/c1-3-4-7-16-13(17)9(2)20(18,19)12-8-10(14)5-6-11(12)15/h5-6,8-9H,3-4,7,15H2,1-2H3,(H,16,17). The lowest BCUT2D eigenvalue weighted by molar-refractivity contribution is -0.120. The molecule has 1 amide bonds. The topological polar surface area (TPSA) is 89.3 Å². The summed E-state index contributed by atoms with van der Waals surface area (Å²) in [5.41, 5.74) is 5.49. The predicted octanol–water partition coefficient (Wildman–Crippen LogP) is 1.49. The van der Waals surface area contributed by atoms with Crippen LogP contribution >= 0.6 is 0 Å². The summed E-state index contributed by atoms with van der Waals surface area (Å²) in [4.78, 5) is 11.5. The van der Waals surface area contributed by atoms with Gasteiger partial charge in [0, 0.05) is 6.54 Å². The maximum absolute atomic E-state index is 13.2. The quantitative estimate of drug-likeness (QED) is 0.615.